The summed E-state index contributed by atoms with van der Waals surface area (Å²) in [5.41, 5.74) is 11.0. The quantitative estimate of drug-likeness (QED) is 0.911. The molecule has 3 N–H and O–H groups in total. The van der Waals surface area contributed by atoms with E-state index in [1.54, 1.807) is 7.11 Å². The number of ether oxygens (including phenoxy) is 1. The molecule has 0 fully saturated rings. The molecule has 0 amide bonds. The molecular formula is C14H18BrN3O. The van der Waals surface area contributed by atoms with Crippen LogP contribution in [0.2, 0.25) is 0 Å². The van der Waals surface area contributed by atoms with Crippen LogP contribution in [0.3, 0.4) is 0 Å². The summed E-state index contributed by atoms with van der Waals surface area (Å²) < 4.78 is 6.31. The molecule has 1 heterocycles. The first-order valence-electron chi connectivity index (χ1n) is 6.09. The van der Waals surface area contributed by atoms with E-state index in [-0.39, 0.29) is 0 Å². The number of hydrogen-bond donors (Lipinski definition) is 2. The van der Waals surface area contributed by atoms with Gasteiger partial charge in [-0.2, -0.15) is 0 Å². The number of aromatic amines is 1. The van der Waals surface area contributed by atoms with Crippen LogP contribution in [0.15, 0.2) is 10.7 Å². The molecule has 0 saturated carbocycles. The Labute approximate surface area is 121 Å². The van der Waals surface area contributed by atoms with Gasteiger partial charge in [0.2, 0.25) is 0 Å². The van der Waals surface area contributed by atoms with Gasteiger partial charge < -0.3 is 15.5 Å². The number of rotatable bonds is 3. The van der Waals surface area contributed by atoms with Crippen LogP contribution >= 0.6 is 15.9 Å². The molecule has 19 heavy (non-hydrogen) atoms. The van der Waals surface area contributed by atoms with E-state index in [4.69, 9.17) is 10.5 Å². The first-order valence-corrected chi connectivity index (χ1v) is 6.88. The first-order chi connectivity index (χ1) is 8.99. The summed E-state index contributed by atoms with van der Waals surface area (Å²) in [4.78, 5) is 7.67. The SMILES string of the molecule is COc1c(C)cc(-c2nc(CN)[nH]c2Br)c(C)c1C. The number of nitrogens with two attached hydrogens (primary N) is 1. The van der Waals surface area contributed by atoms with Crippen molar-refractivity contribution >= 4 is 15.9 Å². The van der Waals surface area contributed by atoms with Crippen molar-refractivity contribution < 1.29 is 4.74 Å². The monoisotopic (exact) mass is 323 g/mol. The molecule has 2 rings (SSSR count). The Bertz CT molecular complexity index is 620. The average Bonchev–Trinajstić information content (AvgIpc) is 2.76. The highest BCUT2D eigenvalue weighted by molar-refractivity contribution is 9.10. The van der Waals surface area contributed by atoms with Gasteiger partial charge in [-0.15, -0.1) is 0 Å². The van der Waals surface area contributed by atoms with E-state index in [9.17, 15) is 0 Å². The number of methoxy groups -OCH3 is 1. The number of nitrogens with one attached hydrogen (secondary N) is 1. The molecular weight excluding hydrogens is 306 g/mol. The van der Waals surface area contributed by atoms with Crippen molar-refractivity contribution in [3.63, 3.8) is 0 Å². The molecule has 102 valence electrons. The smallest absolute Gasteiger partial charge is 0.124 e. The standard InChI is InChI=1S/C14H18BrN3O/c1-7-5-10(8(2)9(3)13(7)19-4)12-14(15)18-11(6-16)17-12/h5H,6,16H2,1-4H3,(H,17,18). The number of nitrogens with zero attached hydrogens (tertiary/aromatic N) is 1. The lowest BCUT2D eigenvalue weighted by Gasteiger charge is -2.14. The van der Waals surface area contributed by atoms with Crippen LogP contribution in [0, 0.1) is 20.8 Å². The van der Waals surface area contributed by atoms with Crippen LogP contribution in [-0.2, 0) is 6.54 Å². The number of aryl methyl sites for hydroxylation is 1. The minimum Gasteiger partial charge on any atom is -0.496 e. The van der Waals surface area contributed by atoms with Gasteiger partial charge in [0, 0.05) is 5.56 Å². The average molecular weight is 324 g/mol. The maximum absolute atomic E-state index is 5.62. The first kappa shape index (κ1) is 14.1. The van der Waals surface area contributed by atoms with Crippen molar-refractivity contribution in [3.05, 3.63) is 33.2 Å². The predicted molar refractivity (Wildman–Crippen MR) is 80.4 cm³/mol. The predicted octanol–water partition coefficient (Wildman–Crippen LogP) is 3.23. The summed E-state index contributed by atoms with van der Waals surface area (Å²) in [6, 6.07) is 2.10. The van der Waals surface area contributed by atoms with Crippen molar-refractivity contribution in [2.24, 2.45) is 5.73 Å². The molecule has 0 spiro atoms. The second-order valence-corrected chi connectivity index (χ2v) is 5.37. The Balaban J connectivity index is 2.66. The number of aromatic nitrogens is 2. The molecule has 0 atom stereocenters. The highest BCUT2D eigenvalue weighted by atomic mass is 79.9. The lowest BCUT2D eigenvalue weighted by molar-refractivity contribution is 0.408. The molecule has 0 bridgehead atoms. The highest BCUT2D eigenvalue weighted by Crippen LogP contribution is 2.36. The minimum atomic E-state index is 0.395. The summed E-state index contributed by atoms with van der Waals surface area (Å²) in [5.74, 6) is 1.71. The number of hydrogen-bond acceptors (Lipinski definition) is 3. The van der Waals surface area contributed by atoms with Gasteiger partial charge in [-0.3, -0.25) is 0 Å². The molecule has 1 aromatic carbocycles. The van der Waals surface area contributed by atoms with Crippen molar-refractivity contribution in [2.45, 2.75) is 27.3 Å². The van der Waals surface area contributed by atoms with Crippen LogP contribution in [-0.4, -0.2) is 17.1 Å². The largest absolute Gasteiger partial charge is 0.496 e. The molecule has 0 aliphatic carbocycles. The Morgan fingerprint density at radius 3 is 2.53 bits per heavy atom. The van der Waals surface area contributed by atoms with Crippen LogP contribution in [0.5, 0.6) is 5.75 Å². The van der Waals surface area contributed by atoms with Crippen molar-refractivity contribution in [1.82, 2.24) is 9.97 Å². The highest BCUT2D eigenvalue weighted by Gasteiger charge is 2.16. The van der Waals surface area contributed by atoms with E-state index < -0.39 is 0 Å². The van der Waals surface area contributed by atoms with Crippen LogP contribution < -0.4 is 10.5 Å². The van der Waals surface area contributed by atoms with Crippen LogP contribution in [0.4, 0.5) is 0 Å². The van der Waals surface area contributed by atoms with Gasteiger partial charge in [0.05, 0.1) is 13.7 Å². The summed E-state index contributed by atoms with van der Waals surface area (Å²) in [6.45, 7) is 6.58. The van der Waals surface area contributed by atoms with Crippen molar-refractivity contribution in [1.29, 1.82) is 0 Å². The topological polar surface area (TPSA) is 63.9 Å². The molecule has 0 saturated heterocycles. The zero-order valence-electron chi connectivity index (χ0n) is 11.6. The summed E-state index contributed by atoms with van der Waals surface area (Å²) in [6.07, 6.45) is 0. The van der Waals surface area contributed by atoms with Gasteiger partial charge in [-0.05, 0) is 59.5 Å². The number of halogens is 1. The van der Waals surface area contributed by atoms with Crippen LogP contribution in [0.25, 0.3) is 11.3 Å². The van der Waals surface area contributed by atoms with Gasteiger partial charge in [0.15, 0.2) is 0 Å². The fourth-order valence-electron chi connectivity index (χ4n) is 2.29. The van der Waals surface area contributed by atoms with E-state index in [0.717, 1.165) is 38.6 Å². The summed E-state index contributed by atoms with van der Waals surface area (Å²) >= 11 is 3.51. The van der Waals surface area contributed by atoms with Gasteiger partial charge in [-0.1, -0.05) is 0 Å². The number of benzene rings is 1. The molecule has 1 aromatic heterocycles. The van der Waals surface area contributed by atoms with Gasteiger partial charge in [-0.25, -0.2) is 4.98 Å². The Kier molecular flexibility index (Phi) is 3.96. The van der Waals surface area contributed by atoms with Crippen LogP contribution in [0.1, 0.15) is 22.5 Å². The third-order valence-electron chi connectivity index (χ3n) is 3.39. The van der Waals surface area contributed by atoms with E-state index in [0.29, 0.717) is 6.54 Å². The van der Waals surface area contributed by atoms with Gasteiger partial charge in [0.25, 0.3) is 0 Å². The number of H-pyrrole nitrogens is 1. The molecule has 0 aliphatic heterocycles. The number of imidazole rings is 1. The minimum absolute atomic E-state index is 0.395. The maximum atomic E-state index is 5.62. The molecule has 0 unspecified atom stereocenters. The fourth-order valence-corrected chi connectivity index (χ4v) is 2.82. The Morgan fingerprint density at radius 1 is 1.32 bits per heavy atom. The Morgan fingerprint density at radius 2 is 2.00 bits per heavy atom. The molecule has 0 aliphatic rings. The van der Waals surface area contributed by atoms with E-state index in [1.165, 1.54) is 5.56 Å². The maximum Gasteiger partial charge on any atom is 0.124 e. The third kappa shape index (κ3) is 2.40. The molecule has 5 heteroatoms. The van der Waals surface area contributed by atoms with Gasteiger partial charge in [0.1, 0.15) is 21.9 Å². The molecule has 2 aromatic rings. The third-order valence-corrected chi connectivity index (χ3v) is 3.96. The van der Waals surface area contributed by atoms with E-state index >= 15 is 0 Å². The second kappa shape index (κ2) is 5.35. The summed E-state index contributed by atoms with van der Waals surface area (Å²) in [7, 11) is 1.70. The lowest BCUT2D eigenvalue weighted by atomic mass is 9.97. The fraction of sp³-hybridized carbons (Fsp3) is 0.357. The molecule has 0 radical (unpaired) electrons. The lowest BCUT2D eigenvalue weighted by Crippen LogP contribution is -1.99. The molecule has 4 nitrogen and oxygen atoms in total. The van der Waals surface area contributed by atoms with Crippen molar-refractivity contribution in [3.8, 4) is 17.0 Å². The Hall–Kier alpha value is -1.33. The van der Waals surface area contributed by atoms with Crippen molar-refractivity contribution in [2.75, 3.05) is 7.11 Å². The summed E-state index contributed by atoms with van der Waals surface area (Å²) in [5, 5.41) is 0. The second-order valence-electron chi connectivity index (χ2n) is 4.57. The zero-order chi connectivity index (χ0) is 14.2. The normalized spacial score (nSPS) is 10.8. The van der Waals surface area contributed by atoms with E-state index in [1.807, 2.05) is 6.92 Å². The van der Waals surface area contributed by atoms with Gasteiger partial charge >= 0.3 is 0 Å². The zero-order valence-corrected chi connectivity index (χ0v) is 13.2. The van der Waals surface area contributed by atoms with E-state index in [2.05, 4.69) is 45.8 Å².